The van der Waals surface area contributed by atoms with Gasteiger partial charge < -0.3 is 20.1 Å². The molecule has 0 fully saturated rings. The van der Waals surface area contributed by atoms with Crippen LogP contribution < -0.4 is 24.8 Å². The van der Waals surface area contributed by atoms with Gasteiger partial charge in [-0.1, -0.05) is 12.1 Å². The van der Waals surface area contributed by atoms with Crippen molar-refractivity contribution in [2.45, 2.75) is 11.4 Å². The first-order valence-corrected chi connectivity index (χ1v) is 10.4. The average Bonchev–Trinajstić information content (AvgIpc) is 3.21. The van der Waals surface area contributed by atoms with Crippen molar-refractivity contribution in [1.29, 1.82) is 0 Å². The molecule has 2 aromatic rings. The van der Waals surface area contributed by atoms with Gasteiger partial charge in [0.05, 0.1) is 9.82 Å². The molecule has 0 aliphatic carbocycles. The van der Waals surface area contributed by atoms with Crippen molar-refractivity contribution in [3.05, 3.63) is 58.1 Å². The molecule has 12 heteroatoms. The topological polar surface area (TPSA) is 144 Å². The SMILES string of the molecule is CN=C(NCCNS(=O)(=O)c1cccc([N+](=O)[O-])c1)NCc1ccc2c(c1)OCO2. The molecule has 11 nitrogen and oxygen atoms in total. The van der Waals surface area contributed by atoms with E-state index in [0.717, 1.165) is 11.6 Å². The molecule has 3 N–H and O–H groups in total. The van der Waals surface area contributed by atoms with Gasteiger partial charge in [-0.2, -0.15) is 0 Å². The van der Waals surface area contributed by atoms with Crippen LogP contribution in [-0.4, -0.2) is 46.2 Å². The number of benzene rings is 2. The highest BCUT2D eigenvalue weighted by atomic mass is 32.2. The van der Waals surface area contributed by atoms with Gasteiger partial charge in [0, 0.05) is 38.8 Å². The monoisotopic (exact) mass is 435 g/mol. The Morgan fingerprint density at radius 2 is 1.93 bits per heavy atom. The van der Waals surface area contributed by atoms with Crippen molar-refractivity contribution in [3.63, 3.8) is 0 Å². The zero-order chi connectivity index (χ0) is 21.6. The lowest BCUT2D eigenvalue weighted by Gasteiger charge is -2.13. The number of non-ortho nitro benzene ring substituents is 1. The number of nitrogens with zero attached hydrogens (tertiary/aromatic N) is 2. The molecule has 0 saturated carbocycles. The van der Waals surface area contributed by atoms with E-state index in [1.54, 1.807) is 7.05 Å². The van der Waals surface area contributed by atoms with E-state index in [9.17, 15) is 18.5 Å². The van der Waals surface area contributed by atoms with Crippen LogP contribution in [0, 0.1) is 10.1 Å². The van der Waals surface area contributed by atoms with Crippen LogP contribution in [0.25, 0.3) is 0 Å². The lowest BCUT2D eigenvalue weighted by atomic mass is 10.2. The van der Waals surface area contributed by atoms with Crippen LogP contribution in [0.2, 0.25) is 0 Å². The summed E-state index contributed by atoms with van der Waals surface area (Å²) in [5.74, 6) is 1.88. The number of nitro benzene ring substituents is 1. The third kappa shape index (κ3) is 5.36. The minimum atomic E-state index is -3.86. The number of hydrogen-bond donors (Lipinski definition) is 3. The number of sulfonamides is 1. The van der Waals surface area contributed by atoms with Gasteiger partial charge >= 0.3 is 0 Å². The summed E-state index contributed by atoms with van der Waals surface area (Å²) < 4.78 is 37.6. The number of guanidine groups is 1. The third-order valence-electron chi connectivity index (χ3n) is 4.17. The maximum absolute atomic E-state index is 12.3. The maximum Gasteiger partial charge on any atom is 0.270 e. The van der Waals surface area contributed by atoms with Crippen molar-refractivity contribution < 1.29 is 22.8 Å². The van der Waals surface area contributed by atoms with E-state index >= 15 is 0 Å². The molecule has 0 amide bonds. The Kier molecular flexibility index (Phi) is 6.69. The highest BCUT2D eigenvalue weighted by Gasteiger charge is 2.17. The Bertz CT molecular complexity index is 1060. The smallest absolute Gasteiger partial charge is 0.270 e. The van der Waals surface area contributed by atoms with E-state index in [-0.39, 0.29) is 30.5 Å². The summed E-state index contributed by atoms with van der Waals surface area (Å²) in [6.07, 6.45) is 0. The van der Waals surface area contributed by atoms with Crippen LogP contribution in [0.4, 0.5) is 5.69 Å². The molecule has 0 bridgehead atoms. The number of rotatable bonds is 8. The van der Waals surface area contributed by atoms with E-state index in [4.69, 9.17) is 9.47 Å². The summed E-state index contributed by atoms with van der Waals surface area (Å²) in [5.41, 5.74) is 0.678. The summed E-state index contributed by atoms with van der Waals surface area (Å²) in [4.78, 5) is 14.1. The van der Waals surface area contributed by atoms with Crippen LogP contribution in [0.5, 0.6) is 11.5 Å². The number of ether oxygens (including phenoxy) is 2. The standard InChI is InChI=1S/C18H21N5O6S/c1-19-18(21-11-13-5-6-16-17(9-13)29-12-28-16)20-7-8-22-30(26,27)15-4-2-3-14(10-15)23(24)25/h2-6,9-10,22H,7-8,11-12H2,1H3,(H2,19,20,21). The van der Waals surface area contributed by atoms with Crippen molar-refractivity contribution in [1.82, 2.24) is 15.4 Å². The van der Waals surface area contributed by atoms with Gasteiger partial charge in [0.1, 0.15) is 0 Å². The molecular formula is C18H21N5O6S. The predicted octanol–water partition coefficient (Wildman–Crippen LogP) is 0.967. The molecule has 0 spiro atoms. The molecule has 2 aromatic carbocycles. The third-order valence-corrected chi connectivity index (χ3v) is 5.63. The quantitative estimate of drug-likeness (QED) is 0.183. The molecule has 1 aliphatic heterocycles. The number of fused-ring (bicyclic) bond motifs is 1. The number of hydrogen-bond acceptors (Lipinski definition) is 7. The minimum absolute atomic E-state index is 0.0652. The average molecular weight is 435 g/mol. The van der Waals surface area contributed by atoms with E-state index < -0.39 is 14.9 Å². The fourth-order valence-corrected chi connectivity index (χ4v) is 3.74. The van der Waals surface area contributed by atoms with Crippen LogP contribution in [0.15, 0.2) is 52.4 Å². The largest absolute Gasteiger partial charge is 0.454 e. The lowest BCUT2D eigenvalue weighted by molar-refractivity contribution is -0.385. The molecule has 0 atom stereocenters. The normalized spacial score (nSPS) is 13.2. The molecular weight excluding hydrogens is 414 g/mol. The van der Waals surface area contributed by atoms with Gasteiger partial charge in [-0.05, 0) is 23.8 Å². The highest BCUT2D eigenvalue weighted by molar-refractivity contribution is 7.89. The van der Waals surface area contributed by atoms with Gasteiger partial charge in [0.25, 0.3) is 5.69 Å². The maximum atomic E-state index is 12.3. The van der Waals surface area contributed by atoms with Gasteiger partial charge in [-0.3, -0.25) is 15.1 Å². The van der Waals surface area contributed by atoms with E-state index in [1.165, 1.54) is 18.2 Å². The Hall–Kier alpha value is -3.38. The molecule has 1 heterocycles. The number of nitrogens with one attached hydrogen (secondary N) is 3. The van der Waals surface area contributed by atoms with E-state index in [0.29, 0.717) is 24.0 Å². The molecule has 0 unspecified atom stereocenters. The summed E-state index contributed by atoms with van der Waals surface area (Å²) >= 11 is 0. The highest BCUT2D eigenvalue weighted by Crippen LogP contribution is 2.32. The lowest BCUT2D eigenvalue weighted by Crippen LogP contribution is -2.41. The second-order valence-electron chi connectivity index (χ2n) is 6.19. The molecule has 30 heavy (non-hydrogen) atoms. The van der Waals surface area contributed by atoms with Gasteiger partial charge in [0.2, 0.25) is 16.8 Å². The van der Waals surface area contributed by atoms with Crippen LogP contribution in [0.1, 0.15) is 5.56 Å². The van der Waals surface area contributed by atoms with Gasteiger partial charge in [-0.15, -0.1) is 0 Å². The number of nitro groups is 1. The molecule has 0 saturated heterocycles. The first-order valence-electron chi connectivity index (χ1n) is 8.96. The minimum Gasteiger partial charge on any atom is -0.454 e. The Balaban J connectivity index is 1.46. The summed E-state index contributed by atoms with van der Waals surface area (Å²) in [6.45, 7) is 1.02. The number of aliphatic imine (C=N–C) groups is 1. The summed E-state index contributed by atoms with van der Waals surface area (Å²) in [6, 6.07) is 10.5. The zero-order valence-electron chi connectivity index (χ0n) is 16.1. The van der Waals surface area contributed by atoms with E-state index in [1.807, 2.05) is 18.2 Å². The van der Waals surface area contributed by atoms with Crippen LogP contribution in [-0.2, 0) is 16.6 Å². The fourth-order valence-electron chi connectivity index (χ4n) is 2.67. The fraction of sp³-hybridized carbons (Fsp3) is 0.278. The van der Waals surface area contributed by atoms with Crippen molar-refractivity contribution in [3.8, 4) is 11.5 Å². The summed E-state index contributed by atoms with van der Waals surface area (Å²) in [5, 5.41) is 16.9. The van der Waals surface area contributed by atoms with Gasteiger partial charge in [0.15, 0.2) is 17.5 Å². The zero-order valence-corrected chi connectivity index (χ0v) is 16.9. The van der Waals surface area contributed by atoms with Gasteiger partial charge in [-0.25, -0.2) is 13.1 Å². The molecule has 0 aromatic heterocycles. The second kappa shape index (κ2) is 9.41. The Morgan fingerprint density at radius 1 is 1.13 bits per heavy atom. The van der Waals surface area contributed by atoms with Crippen molar-refractivity contribution in [2.24, 2.45) is 4.99 Å². The van der Waals surface area contributed by atoms with E-state index in [2.05, 4.69) is 20.3 Å². The van der Waals surface area contributed by atoms with Crippen molar-refractivity contribution in [2.75, 3.05) is 26.9 Å². The van der Waals surface area contributed by atoms with Crippen LogP contribution in [0.3, 0.4) is 0 Å². The Labute approximate surface area is 173 Å². The predicted molar refractivity (Wildman–Crippen MR) is 109 cm³/mol. The van der Waals surface area contributed by atoms with Crippen molar-refractivity contribution >= 4 is 21.7 Å². The van der Waals surface area contributed by atoms with Crippen LogP contribution >= 0.6 is 0 Å². The first kappa shape index (κ1) is 21.3. The molecule has 1 aliphatic rings. The molecule has 160 valence electrons. The molecule has 0 radical (unpaired) electrons. The molecule has 3 rings (SSSR count). The Morgan fingerprint density at radius 3 is 2.70 bits per heavy atom. The first-order chi connectivity index (χ1) is 14.4. The second-order valence-corrected chi connectivity index (χ2v) is 7.96. The summed E-state index contributed by atoms with van der Waals surface area (Å²) in [7, 11) is -2.26.